The molecule has 2 aliphatic rings. The zero-order valence-corrected chi connectivity index (χ0v) is 11.4. The van der Waals surface area contributed by atoms with Crippen LogP contribution in [0.5, 0.6) is 0 Å². The van der Waals surface area contributed by atoms with Crippen molar-refractivity contribution in [1.82, 2.24) is 9.62 Å². The minimum absolute atomic E-state index is 0.0623. The number of rotatable bonds is 4. The lowest BCUT2D eigenvalue weighted by Gasteiger charge is -2.18. The zero-order chi connectivity index (χ0) is 12.5. The first kappa shape index (κ1) is 13.3. The van der Waals surface area contributed by atoms with Crippen LogP contribution in [0.4, 0.5) is 0 Å². The molecule has 1 N–H and O–H groups in total. The highest BCUT2D eigenvalue weighted by Crippen LogP contribution is 2.18. The molecule has 2 aliphatic heterocycles. The molecule has 0 aromatic carbocycles. The van der Waals surface area contributed by atoms with Gasteiger partial charge >= 0.3 is 0 Å². The van der Waals surface area contributed by atoms with Gasteiger partial charge in [0, 0.05) is 25.7 Å². The van der Waals surface area contributed by atoms with E-state index in [0.717, 1.165) is 19.5 Å². The quantitative estimate of drug-likeness (QED) is 0.768. The molecule has 0 radical (unpaired) electrons. The van der Waals surface area contributed by atoms with Gasteiger partial charge in [-0.05, 0) is 25.3 Å². The van der Waals surface area contributed by atoms with Crippen LogP contribution in [0.25, 0.3) is 0 Å². The van der Waals surface area contributed by atoms with Crippen molar-refractivity contribution < 1.29 is 13.2 Å². The summed E-state index contributed by atoms with van der Waals surface area (Å²) >= 11 is 0. The lowest BCUT2D eigenvalue weighted by molar-refractivity contribution is 0.188. The second-order valence-electron chi connectivity index (χ2n) is 5.43. The van der Waals surface area contributed by atoms with E-state index < -0.39 is 10.0 Å². The number of sulfonamides is 1. The van der Waals surface area contributed by atoms with Crippen molar-refractivity contribution in [3.05, 3.63) is 0 Å². The molecule has 0 aromatic heterocycles. The van der Waals surface area contributed by atoms with E-state index in [2.05, 4.69) is 16.5 Å². The van der Waals surface area contributed by atoms with E-state index in [1.165, 1.54) is 0 Å². The van der Waals surface area contributed by atoms with Crippen molar-refractivity contribution in [3.63, 3.8) is 0 Å². The molecule has 6 heteroatoms. The molecule has 2 saturated heterocycles. The van der Waals surface area contributed by atoms with Crippen LogP contribution in [0, 0.1) is 11.8 Å². The zero-order valence-electron chi connectivity index (χ0n) is 10.6. The smallest absolute Gasteiger partial charge is 0.212 e. The van der Waals surface area contributed by atoms with Crippen LogP contribution in [-0.4, -0.2) is 58.5 Å². The third kappa shape index (κ3) is 3.64. The van der Waals surface area contributed by atoms with Gasteiger partial charge in [-0.1, -0.05) is 6.92 Å². The molecular weight excluding hydrogens is 240 g/mol. The van der Waals surface area contributed by atoms with Crippen LogP contribution >= 0.6 is 0 Å². The molecule has 100 valence electrons. The fourth-order valence-corrected chi connectivity index (χ4v) is 4.41. The molecule has 17 heavy (non-hydrogen) atoms. The highest BCUT2D eigenvalue weighted by atomic mass is 32.2. The van der Waals surface area contributed by atoms with Crippen molar-refractivity contribution in [3.8, 4) is 0 Å². The molecule has 0 aromatic rings. The van der Waals surface area contributed by atoms with Gasteiger partial charge < -0.3 is 9.64 Å². The Kier molecular flexibility index (Phi) is 4.07. The van der Waals surface area contributed by atoms with Crippen LogP contribution in [0.3, 0.4) is 0 Å². The third-order valence-electron chi connectivity index (χ3n) is 3.60. The molecule has 2 fully saturated rings. The summed E-state index contributed by atoms with van der Waals surface area (Å²) in [4.78, 5) is 2.16. The fraction of sp³-hybridized carbons (Fsp3) is 1.00. The number of hydrogen-bond acceptors (Lipinski definition) is 4. The van der Waals surface area contributed by atoms with Crippen molar-refractivity contribution in [2.24, 2.45) is 11.8 Å². The molecular formula is C11H22N2O3S. The average molecular weight is 262 g/mol. The van der Waals surface area contributed by atoms with E-state index in [-0.39, 0.29) is 17.7 Å². The standard InChI is InChI=1S/C11H22N2O3S/c1-9-5-13(2)6-11(9)12-17(14,15)8-10-3-4-16-7-10/h9-12H,3-8H2,1-2H3/t9-,10+,11+/m1/s1. The number of nitrogens with zero attached hydrogens (tertiary/aromatic N) is 1. The topological polar surface area (TPSA) is 58.6 Å². The van der Waals surface area contributed by atoms with Crippen molar-refractivity contribution in [1.29, 1.82) is 0 Å². The summed E-state index contributed by atoms with van der Waals surface area (Å²) in [6, 6.07) is 0.0623. The Hall–Kier alpha value is -0.170. The summed E-state index contributed by atoms with van der Waals surface area (Å²) in [6.07, 6.45) is 0.862. The SMILES string of the molecule is C[C@@H]1CN(C)C[C@@H]1NS(=O)(=O)C[C@H]1CCOC1. The second kappa shape index (κ2) is 5.22. The summed E-state index contributed by atoms with van der Waals surface area (Å²) in [5.74, 6) is 0.761. The molecule has 0 aliphatic carbocycles. The van der Waals surface area contributed by atoms with Gasteiger partial charge in [0.15, 0.2) is 0 Å². The monoisotopic (exact) mass is 262 g/mol. The second-order valence-corrected chi connectivity index (χ2v) is 7.23. The Balaban J connectivity index is 1.88. The summed E-state index contributed by atoms with van der Waals surface area (Å²) in [5.41, 5.74) is 0. The normalized spacial score (nSPS) is 35.5. The number of likely N-dealkylation sites (N-methyl/N-ethyl adjacent to an activating group) is 1. The van der Waals surface area contributed by atoms with Crippen LogP contribution in [-0.2, 0) is 14.8 Å². The maximum atomic E-state index is 12.0. The minimum atomic E-state index is -3.16. The van der Waals surface area contributed by atoms with Crippen molar-refractivity contribution in [2.45, 2.75) is 19.4 Å². The summed E-state index contributed by atoms with van der Waals surface area (Å²) < 4.78 is 32.1. The first-order chi connectivity index (χ1) is 7.96. The lowest BCUT2D eigenvalue weighted by Crippen LogP contribution is -2.42. The number of nitrogens with one attached hydrogen (secondary N) is 1. The van der Waals surface area contributed by atoms with Gasteiger partial charge in [-0.3, -0.25) is 0 Å². The van der Waals surface area contributed by atoms with E-state index >= 15 is 0 Å². The highest BCUT2D eigenvalue weighted by molar-refractivity contribution is 7.89. The van der Waals surface area contributed by atoms with E-state index in [9.17, 15) is 8.42 Å². The predicted molar refractivity (Wildman–Crippen MR) is 66.3 cm³/mol. The molecule has 0 unspecified atom stereocenters. The first-order valence-corrected chi connectivity index (χ1v) is 7.88. The molecule has 5 nitrogen and oxygen atoms in total. The van der Waals surface area contributed by atoms with Gasteiger partial charge in [0.2, 0.25) is 10.0 Å². The number of hydrogen-bond donors (Lipinski definition) is 1. The molecule has 3 atom stereocenters. The minimum Gasteiger partial charge on any atom is -0.381 e. The van der Waals surface area contributed by atoms with Gasteiger partial charge in [-0.15, -0.1) is 0 Å². The Morgan fingerprint density at radius 2 is 2.18 bits per heavy atom. The van der Waals surface area contributed by atoms with Gasteiger partial charge in [0.1, 0.15) is 0 Å². The summed E-state index contributed by atoms with van der Waals surface area (Å²) in [6.45, 7) is 5.14. The van der Waals surface area contributed by atoms with Crippen LogP contribution in [0.15, 0.2) is 0 Å². The van der Waals surface area contributed by atoms with Crippen molar-refractivity contribution >= 4 is 10.0 Å². The molecule has 2 rings (SSSR count). The molecule has 0 spiro atoms. The third-order valence-corrected chi connectivity index (χ3v) is 5.18. The largest absolute Gasteiger partial charge is 0.381 e. The summed E-state index contributed by atoms with van der Waals surface area (Å²) in [5, 5.41) is 0. The van der Waals surface area contributed by atoms with Gasteiger partial charge in [0.05, 0.1) is 12.4 Å². The Labute approximate surface area is 104 Å². The average Bonchev–Trinajstić information content (AvgIpc) is 2.76. The van der Waals surface area contributed by atoms with Gasteiger partial charge in [-0.2, -0.15) is 0 Å². The molecule has 0 saturated carbocycles. The first-order valence-electron chi connectivity index (χ1n) is 6.22. The highest BCUT2D eigenvalue weighted by Gasteiger charge is 2.32. The molecule has 0 bridgehead atoms. The van der Waals surface area contributed by atoms with E-state index in [0.29, 0.717) is 19.1 Å². The Bertz CT molecular complexity index is 352. The van der Waals surface area contributed by atoms with Crippen LogP contribution in [0.2, 0.25) is 0 Å². The predicted octanol–water partition coefficient (Wildman–Crippen LogP) is -0.108. The molecule has 2 heterocycles. The summed E-state index contributed by atoms with van der Waals surface area (Å²) in [7, 11) is -1.14. The maximum Gasteiger partial charge on any atom is 0.212 e. The Morgan fingerprint density at radius 3 is 2.71 bits per heavy atom. The maximum absolute atomic E-state index is 12.0. The van der Waals surface area contributed by atoms with E-state index in [1.54, 1.807) is 0 Å². The van der Waals surface area contributed by atoms with Crippen LogP contribution in [0.1, 0.15) is 13.3 Å². The van der Waals surface area contributed by atoms with E-state index in [1.807, 2.05) is 7.05 Å². The molecule has 0 amide bonds. The van der Waals surface area contributed by atoms with Crippen molar-refractivity contribution in [2.75, 3.05) is 39.1 Å². The van der Waals surface area contributed by atoms with Gasteiger partial charge in [0.25, 0.3) is 0 Å². The fourth-order valence-electron chi connectivity index (χ4n) is 2.67. The number of likely N-dealkylation sites (tertiary alicyclic amines) is 1. The Morgan fingerprint density at radius 1 is 1.41 bits per heavy atom. The van der Waals surface area contributed by atoms with E-state index in [4.69, 9.17) is 4.74 Å². The van der Waals surface area contributed by atoms with Crippen LogP contribution < -0.4 is 4.72 Å². The number of ether oxygens (including phenoxy) is 1. The van der Waals surface area contributed by atoms with Gasteiger partial charge in [-0.25, -0.2) is 13.1 Å². The lowest BCUT2D eigenvalue weighted by atomic mass is 10.1.